The molecule has 0 saturated carbocycles. The summed E-state index contributed by atoms with van der Waals surface area (Å²) < 4.78 is 0. The van der Waals surface area contributed by atoms with Crippen LogP contribution >= 0.6 is 11.8 Å². The number of thioether (sulfide) groups is 1. The molecule has 19 heavy (non-hydrogen) atoms. The van der Waals surface area contributed by atoms with Crippen LogP contribution in [0.15, 0.2) is 47.4 Å². The Balaban J connectivity index is 2.15. The summed E-state index contributed by atoms with van der Waals surface area (Å²) in [6.45, 7) is 2.02. The van der Waals surface area contributed by atoms with Crippen molar-refractivity contribution in [3.8, 4) is 11.1 Å². The number of Topliss-reactive ketones (excluding diaryl/α,β-unsaturated/α-hetero) is 1. The highest BCUT2D eigenvalue weighted by Gasteiger charge is 2.28. The lowest BCUT2D eigenvalue weighted by Gasteiger charge is -2.09. The second-order valence-electron chi connectivity index (χ2n) is 5.03. The van der Waals surface area contributed by atoms with Crippen LogP contribution in [-0.4, -0.2) is 12.0 Å². The number of carbonyl (C=O) groups excluding carboxylic acids is 1. The number of benzene rings is 2. The predicted molar refractivity (Wildman–Crippen MR) is 80.9 cm³/mol. The monoisotopic (exact) mass is 268 g/mol. The molecule has 0 fully saturated rings. The maximum Gasteiger partial charge on any atom is 0.166 e. The van der Waals surface area contributed by atoms with Crippen LogP contribution in [0.3, 0.4) is 0 Å². The summed E-state index contributed by atoms with van der Waals surface area (Å²) in [5.74, 6) is 0.415. The highest BCUT2D eigenvalue weighted by Crippen LogP contribution is 2.35. The molecule has 2 aromatic carbocycles. The average molecular weight is 268 g/mol. The van der Waals surface area contributed by atoms with Crippen LogP contribution in [0.25, 0.3) is 11.1 Å². The maximum absolute atomic E-state index is 12.1. The van der Waals surface area contributed by atoms with Gasteiger partial charge in [0.15, 0.2) is 5.78 Å². The number of carbonyl (C=O) groups is 1. The molecule has 2 heteroatoms. The maximum atomic E-state index is 12.1. The summed E-state index contributed by atoms with van der Waals surface area (Å²) in [6.07, 6.45) is 2.95. The molecule has 0 bridgehead atoms. The molecule has 0 aromatic heterocycles. The van der Waals surface area contributed by atoms with Crippen molar-refractivity contribution >= 4 is 17.5 Å². The fourth-order valence-electron chi connectivity index (χ4n) is 2.76. The van der Waals surface area contributed by atoms with Gasteiger partial charge >= 0.3 is 0 Å². The van der Waals surface area contributed by atoms with Crippen molar-refractivity contribution in [1.82, 2.24) is 0 Å². The van der Waals surface area contributed by atoms with E-state index in [0.29, 0.717) is 0 Å². The van der Waals surface area contributed by atoms with Gasteiger partial charge in [-0.25, -0.2) is 0 Å². The largest absolute Gasteiger partial charge is 0.294 e. The van der Waals surface area contributed by atoms with E-state index in [0.717, 1.165) is 12.0 Å². The Labute approximate surface area is 118 Å². The van der Waals surface area contributed by atoms with E-state index in [1.54, 1.807) is 11.8 Å². The van der Waals surface area contributed by atoms with Gasteiger partial charge in [-0.15, -0.1) is 11.8 Å². The van der Waals surface area contributed by atoms with Gasteiger partial charge in [0.25, 0.3) is 0 Å². The molecular weight excluding hydrogens is 252 g/mol. The SMILES string of the molecule is CSc1cccc(-c2cccc3c2CC(C)C3=O)c1. The second kappa shape index (κ2) is 4.86. The Hall–Kier alpha value is -1.54. The molecule has 0 N–H and O–H groups in total. The molecule has 1 aliphatic carbocycles. The molecule has 1 aliphatic rings. The quantitative estimate of drug-likeness (QED) is 0.748. The highest BCUT2D eigenvalue weighted by atomic mass is 32.2. The van der Waals surface area contributed by atoms with Crippen LogP contribution in [-0.2, 0) is 6.42 Å². The number of ketones is 1. The first-order chi connectivity index (χ1) is 9.20. The smallest absolute Gasteiger partial charge is 0.166 e. The van der Waals surface area contributed by atoms with Gasteiger partial charge in [0.05, 0.1) is 0 Å². The number of hydrogen-bond donors (Lipinski definition) is 0. The van der Waals surface area contributed by atoms with E-state index in [1.807, 2.05) is 19.1 Å². The van der Waals surface area contributed by atoms with Crippen LogP contribution < -0.4 is 0 Å². The number of hydrogen-bond acceptors (Lipinski definition) is 2. The average Bonchev–Trinajstić information content (AvgIpc) is 2.74. The molecule has 0 radical (unpaired) electrons. The Morgan fingerprint density at radius 3 is 2.63 bits per heavy atom. The molecule has 96 valence electrons. The van der Waals surface area contributed by atoms with Gasteiger partial charge in [0.1, 0.15) is 0 Å². The molecule has 1 atom stereocenters. The second-order valence-corrected chi connectivity index (χ2v) is 5.91. The lowest BCUT2D eigenvalue weighted by atomic mass is 9.97. The van der Waals surface area contributed by atoms with Crippen LogP contribution in [0.1, 0.15) is 22.8 Å². The zero-order valence-electron chi connectivity index (χ0n) is 11.1. The van der Waals surface area contributed by atoms with E-state index in [1.165, 1.54) is 21.6 Å². The van der Waals surface area contributed by atoms with Crippen LogP contribution in [0, 0.1) is 5.92 Å². The first-order valence-electron chi connectivity index (χ1n) is 6.51. The number of fused-ring (bicyclic) bond motifs is 1. The third-order valence-corrected chi connectivity index (χ3v) is 4.51. The van der Waals surface area contributed by atoms with Gasteiger partial charge < -0.3 is 0 Å². The zero-order chi connectivity index (χ0) is 13.4. The summed E-state index contributed by atoms with van der Waals surface area (Å²) in [7, 11) is 0. The topological polar surface area (TPSA) is 17.1 Å². The lowest BCUT2D eigenvalue weighted by Crippen LogP contribution is -2.02. The van der Waals surface area contributed by atoms with Gasteiger partial charge in [-0.1, -0.05) is 37.3 Å². The minimum Gasteiger partial charge on any atom is -0.294 e. The summed E-state index contributed by atoms with van der Waals surface area (Å²) in [4.78, 5) is 13.4. The first kappa shape index (κ1) is 12.5. The normalized spacial score (nSPS) is 17.6. The Kier molecular flexibility index (Phi) is 3.19. The Morgan fingerprint density at radius 2 is 1.84 bits per heavy atom. The van der Waals surface area contributed by atoms with Gasteiger partial charge in [-0.05, 0) is 41.5 Å². The third kappa shape index (κ3) is 2.10. The first-order valence-corrected chi connectivity index (χ1v) is 7.73. The van der Waals surface area contributed by atoms with Crippen LogP contribution in [0.2, 0.25) is 0 Å². The number of rotatable bonds is 2. The molecule has 0 saturated heterocycles. The standard InChI is InChI=1S/C17H16OS/c1-11-9-16-14(7-4-8-15(16)17(11)18)12-5-3-6-13(10-12)19-2/h3-8,10-11H,9H2,1-2H3. The lowest BCUT2D eigenvalue weighted by molar-refractivity contribution is 0.0946. The summed E-state index contributed by atoms with van der Waals surface area (Å²) in [5, 5.41) is 0. The minimum atomic E-state index is 0.125. The molecule has 1 nitrogen and oxygen atoms in total. The van der Waals surface area contributed by atoms with E-state index in [4.69, 9.17) is 0 Å². The molecule has 3 rings (SSSR count). The minimum absolute atomic E-state index is 0.125. The fourth-order valence-corrected chi connectivity index (χ4v) is 3.22. The Morgan fingerprint density at radius 1 is 1.11 bits per heavy atom. The van der Waals surface area contributed by atoms with Crippen molar-refractivity contribution in [2.75, 3.05) is 6.26 Å². The molecule has 0 heterocycles. The molecule has 0 amide bonds. The molecule has 0 spiro atoms. The van der Waals surface area contributed by atoms with Crippen molar-refractivity contribution in [3.05, 3.63) is 53.6 Å². The van der Waals surface area contributed by atoms with Crippen molar-refractivity contribution in [3.63, 3.8) is 0 Å². The van der Waals surface area contributed by atoms with Gasteiger partial charge in [0, 0.05) is 16.4 Å². The summed E-state index contributed by atoms with van der Waals surface area (Å²) >= 11 is 1.75. The van der Waals surface area contributed by atoms with Crippen molar-refractivity contribution in [2.24, 2.45) is 5.92 Å². The van der Waals surface area contributed by atoms with E-state index in [-0.39, 0.29) is 11.7 Å². The van der Waals surface area contributed by atoms with Gasteiger partial charge in [0.2, 0.25) is 0 Å². The van der Waals surface area contributed by atoms with Crippen LogP contribution in [0.5, 0.6) is 0 Å². The van der Waals surface area contributed by atoms with E-state index < -0.39 is 0 Å². The summed E-state index contributed by atoms with van der Waals surface area (Å²) in [6, 6.07) is 14.6. The third-order valence-electron chi connectivity index (χ3n) is 3.78. The van der Waals surface area contributed by atoms with Gasteiger partial charge in [-0.2, -0.15) is 0 Å². The van der Waals surface area contributed by atoms with Crippen molar-refractivity contribution in [1.29, 1.82) is 0 Å². The Bertz CT molecular complexity index is 645. The van der Waals surface area contributed by atoms with E-state index >= 15 is 0 Å². The van der Waals surface area contributed by atoms with E-state index in [2.05, 4.69) is 36.6 Å². The summed E-state index contributed by atoms with van der Waals surface area (Å²) in [5.41, 5.74) is 4.56. The fraction of sp³-hybridized carbons (Fsp3) is 0.235. The van der Waals surface area contributed by atoms with Crippen molar-refractivity contribution in [2.45, 2.75) is 18.2 Å². The van der Waals surface area contributed by atoms with E-state index in [9.17, 15) is 4.79 Å². The van der Waals surface area contributed by atoms with Gasteiger partial charge in [-0.3, -0.25) is 4.79 Å². The zero-order valence-corrected chi connectivity index (χ0v) is 12.0. The highest BCUT2D eigenvalue weighted by molar-refractivity contribution is 7.98. The molecule has 0 aliphatic heterocycles. The predicted octanol–water partition coefficient (Wildman–Crippen LogP) is 4.45. The molecular formula is C17H16OS. The van der Waals surface area contributed by atoms with Crippen LogP contribution in [0.4, 0.5) is 0 Å². The van der Waals surface area contributed by atoms with Crippen molar-refractivity contribution < 1.29 is 4.79 Å². The molecule has 1 unspecified atom stereocenters. The molecule has 2 aromatic rings.